The predicted octanol–water partition coefficient (Wildman–Crippen LogP) is 4.89. The Labute approximate surface area is 195 Å². The zero-order chi connectivity index (χ0) is 24.0. The Bertz CT molecular complexity index is 1100. The summed E-state index contributed by atoms with van der Waals surface area (Å²) < 4.78 is 46.1. The van der Waals surface area contributed by atoms with Crippen LogP contribution in [0.3, 0.4) is 0 Å². The van der Waals surface area contributed by atoms with Gasteiger partial charge in [0, 0.05) is 37.8 Å². The smallest absolute Gasteiger partial charge is 0.406 e. The molecule has 0 saturated carbocycles. The van der Waals surface area contributed by atoms with E-state index in [0.717, 1.165) is 44.6 Å². The highest BCUT2D eigenvalue weighted by molar-refractivity contribution is 5.59. The second-order valence-electron chi connectivity index (χ2n) is 8.33. The maximum atomic E-state index is 12.3. The minimum absolute atomic E-state index is 0.282. The number of hydrogen-bond donors (Lipinski definition) is 1. The molecule has 1 fully saturated rings. The van der Waals surface area contributed by atoms with E-state index >= 15 is 0 Å². The van der Waals surface area contributed by atoms with Crippen molar-refractivity contribution in [2.75, 3.05) is 26.2 Å². The van der Waals surface area contributed by atoms with E-state index in [1.807, 2.05) is 30.3 Å². The van der Waals surface area contributed by atoms with E-state index in [9.17, 15) is 18.4 Å². The number of alkyl halides is 3. The summed E-state index contributed by atoms with van der Waals surface area (Å²) in [6.07, 6.45) is -3.10. The second kappa shape index (κ2) is 10.3. The van der Waals surface area contributed by atoms with Crippen molar-refractivity contribution in [1.29, 1.82) is 5.26 Å². The maximum absolute atomic E-state index is 12.3. The van der Waals surface area contributed by atoms with Crippen LogP contribution in [0, 0.1) is 11.3 Å². The highest BCUT2D eigenvalue weighted by atomic mass is 19.4. The largest absolute Gasteiger partial charge is 0.573 e. The number of nitrogens with one attached hydrogen (secondary N) is 1. The average molecular weight is 470 g/mol. The van der Waals surface area contributed by atoms with Gasteiger partial charge in [-0.1, -0.05) is 35.5 Å². The van der Waals surface area contributed by atoms with Crippen LogP contribution >= 0.6 is 0 Å². The lowest BCUT2D eigenvalue weighted by molar-refractivity contribution is -0.274. The van der Waals surface area contributed by atoms with E-state index in [2.05, 4.69) is 26.2 Å². The summed E-state index contributed by atoms with van der Waals surface area (Å²) >= 11 is 0. The quantitative estimate of drug-likeness (QED) is 0.473. The molecule has 1 aromatic heterocycles. The summed E-state index contributed by atoms with van der Waals surface area (Å²) in [5, 5.41) is 17.1. The topological polar surface area (TPSA) is 74.3 Å². The van der Waals surface area contributed by atoms with Crippen LogP contribution in [0.25, 0.3) is 11.3 Å². The van der Waals surface area contributed by atoms with Crippen LogP contribution in [0.15, 0.2) is 65.2 Å². The zero-order valence-electron chi connectivity index (χ0n) is 18.5. The van der Waals surface area contributed by atoms with Crippen LogP contribution in [0.1, 0.15) is 24.2 Å². The Kier molecular flexibility index (Phi) is 7.20. The van der Waals surface area contributed by atoms with Gasteiger partial charge in [0.15, 0.2) is 5.76 Å². The molecule has 0 radical (unpaired) electrons. The van der Waals surface area contributed by atoms with Crippen LogP contribution in [-0.4, -0.2) is 42.6 Å². The molecule has 0 unspecified atom stereocenters. The van der Waals surface area contributed by atoms with E-state index in [4.69, 9.17) is 4.52 Å². The molecule has 178 valence electrons. The number of nitriles is 1. The Morgan fingerprint density at radius 3 is 2.44 bits per heavy atom. The van der Waals surface area contributed by atoms with Crippen LogP contribution in [-0.2, 0) is 12.0 Å². The number of benzene rings is 2. The van der Waals surface area contributed by atoms with Crippen molar-refractivity contribution in [1.82, 2.24) is 15.4 Å². The summed E-state index contributed by atoms with van der Waals surface area (Å²) in [6, 6.07) is 19.8. The van der Waals surface area contributed by atoms with Crippen molar-refractivity contribution in [3.8, 4) is 23.1 Å². The van der Waals surface area contributed by atoms with Gasteiger partial charge < -0.3 is 19.5 Å². The van der Waals surface area contributed by atoms with Crippen molar-refractivity contribution in [3.63, 3.8) is 0 Å². The molecule has 0 bridgehead atoms. The second-order valence-corrected chi connectivity index (χ2v) is 8.33. The van der Waals surface area contributed by atoms with E-state index < -0.39 is 11.8 Å². The first-order chi connectivity index (χ1) is 16.4. The number of hydrogen-bond acceptors (Lipinski definition) is 6. The lowest BCUT2D eigenvalue weighted by atomic mass is 9.74. The number of piperidine rings is 1. The van der Waals surface area contributed by atoms with Crippen molar-refractivity contribution >= 4 is 0 Å². The SMILES string of the molecule is N#CC1(c2ccccc2)CCN(CCNCc2cc(-c3ccc(OC(F)(F)F)cc3)no2)CC1. The van der Waals surface area contributed by atoms with Crippen LogP contribution < -0.4 is 10.1 Å². The molecule has 0 spiro atoms. The normalized spacial score (nSPS) is 16.2. The van der Waals surface area contributed by atoms with E-state index in [0.29, 0.717) is 23.6 Å². The summed E-state index contributed by atoms with van der Waals surface area (Å²) in [4.78, 5) is 2.35. The molecule has 9 heteroatoms. The molecule has 1 aliphatic heterocycles. The van der Waals surface area contributed by atoms with Crippen LogP contribution in [0.5, 0.6) is 5.75 Å². The molecule has 1 saturated heterocycles. The Balaban J connectivity index is 1.21. The van der Waals surface area contributed by atoms with E-state index in [-0.39, 0.29) is 5.75 Å². The number of likely N-dealkylation sites (tertiary alicyclic amines) is 1. The van der Waals surface area contributed by atoms with Crippen LogP contribution in [0.4, 0.5) is 13.2 Å². The van der Waals surface area contributed by atoms with Crippen LogP contribution in [0.2, 0.25) is 0 Å². The minimum Gasteiger partial charge on any atom is -0.406 e. The first-order valence-electron chi connectivity index (χ1n) is 11.1. The summed E-state index contributed by atoms with van der Waals surface area (Å²) in [5.41, 5.74) is 1.87. The van der Waals surface area contributed by atoms with Crippen molar-refractivity contribution in [2.24, 2.45) is 0 Å². The van der Waals surface area contributed by atoms with Gasteiger partial charge in [-0.15, -0.1) is 13.2 Å². The molecule has 34 heavy (non-hydrogen) atoms. The maximum Gasteiger partial charge on any atom is 0.573 e. The first-order valence-corrected chi connectivity index (χ1v) is 11.1. The molecule has 2 heterocycles. The molecule has 0 atom stereocenters. The van der Waals surface area contributed by atoms with Crippen molar-refractivity contribution < 1.29 is 22.4 Å². The third-order valence-electron chi connectivity index (χ3n) is 6.10. The fourth-order valence-electron chi connectivity index (χ4n) is 4.19. The van der Waals surface area contributed by atoms with Gasteiger partial charge in [-0.25, -0.2) is 0 Å². The molecular weight excluding hydrogens is 445 g/mol. The third kappa shape index (κ3) is 5.95. The number of nitrogens with zero attached hydrogens (tertiary/aromatic N) is 3. The van der Waals surface area contributed by atoms with Gasteiger partial charge in [-0.05, 0) is 42.7 Å². The minimum atomic E-state index is -4.72. The van der Waals surface area contributed by atoms with Crippen molar-refractivity contribution in [3.05, 3.63) is 72.0 Å². The van der Waals surface area contributed by atoms with Gasteiger partial charge in [0.2, 0.25) is 0 Å². The Morgan fingerprint density at radius 2 is 1.79 bits per heavy atom. The summed E-state index contributed by atoms with van der Waals surface area (Å²) in [6.45, 7) is 3.83. The Hall–Kier alpha value is -3.35. The molecule has 2 aromatic carbocycles. The molecule has 1 N–H and O–H groups in total. The van der Waals surface area contributed by atoms with E-state index in [1.165, 1.54) is 24.3 Å². The van der Waals surface area contributed by atoms with Gasteiger partial charge in [0.1, 0.15) is 11.4 Å². The molecule has 0 amide bonds. The van der Waals surface area contributed by atoms with Gasteiger partial charge >= 0.3 is 6.36 Å². The number of rotatable bonds is 8. The predicted molar refractivity (Wildman–Crippen MR) is 120 cm³/mol. The van der Waals surface area contributed by atoms with Gasteiger partial charge in [0.25, 0.3) is 0 Å². The number of ether oxygens (including phenoxy) is 1. The highest BCUT2D eigenvalue weighted by Gasteiger charge is 2.36. The third-order valence-corrected chi connectivity index (χ3v) is 6.10. The molecule has 0 aliphatic carbocycles. The monoisotopic (exact) mass is 470 g/mol. The summed E-state index contributed by atoms with van der Waals surface area (Å²) in [5.74, 6) is 0.354. The number of halogens is 3. The average Bonchev–Trinajstić information content (AvgIpc) is 3.31. The standard InChI is InChI=1S/C25H25F3N4O2/c26-25(27,28)33-21-8-6-19(7-9-21)23-16-22(34-31-23)17-30-12-15-32-13-10-24(18-29,11-14-32)20-4-2-1-3-5-20/h1-9,16,30H,10-15,17H2. The zero-order valence-corrected chi connectivity index (χ0v) is 18.5. The van der Waals surface area contributed by atoms with E-state index in [1.54, 1.807) is 6.07 Å². The highest BCUT2D eigenvalue weighted by Crippen LogP contribution is 2.34. The van der Waals surface area contributed by atoms with Gasteiger partial charge in [-0.3, -0.25) is 0 Å². The molecule has 4 rings (SSSR count). The number of aromatic nitrogens is 1. The fourth-order valence-corrected chi connectivity index (χ4v) is 4.19. The molecule has 6 nitrogen and oxygen atoms in total. The van der Waals surface area contributed by atoms with Crippen molar-refractivity contribution in [2.45, 2.75) is 31.2 Å². The molecule has 1 aliphatic rings. The molecule has 3 aromatic rings. The molecular formula is C25H25F3N4O2. The fraction of sp³-hybridized carbons (Fsp3) is 0.360. The Morgan fingerprint density at radius 1 is 1.09 bits per heavy atom. The summed E-state index contributed by atoms with van der Waals surface area (Å²) in [7, 11) is 0. The van der Waals surface area contributed by atoms with Gasteiger partial charge in [0.05, 0.1) is 18.0 Å². The van der Waals surface area contributed by atoms with Gasteiger partial charge in [-0.2, -0.15) is 5.26 Å². The first kappa shape index (κ1) is 23.8. The lowest BCUT2D eigenvalue weighted by Gasteiger charge is -2.37. The lowest BCUT2D eigenvalue weighted by Crippen LogP contribution is -2.44.